The molecule has 0 heterocycles. The number of hydrogen-bond donors (Lipinski definition) is 3. The molecule has 10 heteroatoms. The van der Waals surface area contributed by atoms with Crippen molar-refractivity contribution >= 4 is 19.8 Å². The van der Waals surface area contributed by atoms with E-state index in [0.29, 0.717) is 19.3 Å². The van der Waals surface area contributed by atoms with Crippen molar-refractivity contribution in [3.8, 4) is 0 Å². The van der Waals surface area contributed by atoms with Crippen LogP contribution in [0.25, 0.3) is 0 Å². The number of rotatable bonds is 37. The molecule has 2 atom stereocenters. The van der Waals surface area contributed by atoms with Crippen LogP contribution in [0.3, 0.4) is 0 Å². The summed E-state index contributed by atoms with van der Waals surface area (Å²) < 4.78 is 26.2. The van der Waals surface area contributed by atoms with Gasteiger partial charge in [0.15, 0.2) is 6.10 Å². The maximum absolute atomic E-state index is 12.4. The topological polar surface area (TPSA) is 140 Å². The highest BCUT2D eigenvalue weighted by molar-refractivity contribution is 7.46. The van der Waals surface area contributed by atoms with Gasteiger partial charge in [0.1, 0.15) is 6.61 Å². The Morgan fingerprint density at radius 2 is 1.08 bits per heavy atom. The van der Waals surface area contributed by atoms with E-state index in [0.717, 1.165) is 44.9 Å². The number of phosphoric acid groups is 1. The first-order valence-corrected chi connectivity index (χ1v) is 22.2. The van der Waals surface area contributed by atoms with Gasteiger partial charge in [-0.1, -0.05) is 152 Å². The number of carbonyl (C=O) groups is 2. The molecule has 306 valence electrons. The monoisotopic (exact) mass is 767 g/mol. The van der Waals surface area contributed by atoms with Crippen LogP contribution in [0.4, 0.5) is 0 Å². The average Bonchev–Trinajstić information content (AvgIpc) is 3.12. The molecule has 9 nitrogen and oxygen atoms in total. The molecule has 0 aromatic rings. The van der Waals surface area contributed by atoms with Gasteiger partial charge in [-0.25, -0.2) is 4.57 Å². The number of ether oxygens (including phenoxy) is 2. The summed E-state index contributed by atoms with van der Waals surface area (Å²) in [7, 11) is -4.81. The van der Waals surface area contributed by atoms with Crippen LogP contribution in [0, 0.1) is 0 Å². The molecular weight excluding hydrogens is 691 g/mol. The summed E-state index contributed by atoms with van der Waals surface area (Å²) in [6, 6.07) is 0. The van der Waals surface area contributed by atoms with E-state index in [1.54, 1.807) is 12.2 Å². The Labute approximate surface area is 322 Å². The second kappa shape index (κ2) is 38.0. The van der Waals surface area contributed by atoms with Crippen molar-refractivity contribution in [1.82, 2.24) is 0 Å². The zero-order valence-corrected chi connectivity index (χ0v) is 34.2. The molecule has 0 rings (SSSR count). The summed E-state index contributed by atoms with van der Waals surface area (Å²) in [5.74, 6) is -1.09. The Bertz CT molecular complexity index is 1060. The van der Waals surface area contributed by atoms with Crippen molar-refractivity contribution in [2.45, 2.75) is 187 Å². The Kier molecular flexibility index (Phi) is 36.4. The molecule has 0 spiro atoms. The summed E-state index contributed by atoms with van der Waals surface area (Å²) in [4.78, 5) is 42.8. The lowest BCUT2D eigenvalue weighted by molar-refractivity contribution is -0.161. The number of aliphatic hydroxyl groups excluding tert-OH is 1. The molecule has 0 fully saturated rings. The van der Waals surface area contributed by atoms with Crippen molar-refractivity contribution in [3.05, 3.63) is 60.8 Å². The van der Waals surface area contributed by atoms with Gasteiger partial charge in [0.25, 0.3) is 0 Å². The first kappa shape index (κ1) is 50.7. The van der Waals surface area contributed by atoms with E-state index in [-0.39, 0.29) is 19.4 Å². The van der Waals surface area contributed by atoms with E-state index >= 15 is 0 Å². The van der Waals surface area contributed by atoms with Gasteiger partial charge < -0.3 is 24.4 Å². The molecule has 3 N–H and O–H groups in total. The van der Waals surface area contributed by atoms with E-state index in [2.05, 4.69) is 54.8 Å². The van der Waals surface area contributed by atoms with Gasteiger partial charge in [0.2, 0.25) is 0 Å². The number of aliphatic hydroxyl groups is 1. The Morgan fingerprint density at radius 1 is 0.585 bits per heavy atom. The summed E-state index contributed by atoms with van der Waals surface area (Å²) >= 11 is 0. The third kappa shape index (κ3) is 40.7. The molecule has 0 aromatic heterocycles. The SMILES string of the molecule is CCCCC/C=C\C/C=C\CCCCCCCCCC(=O)OC[C@H](COP(=O)(O)O)OC(=O)CCCC(O)/C=C/C=C/C/C=C/CCCCCCCC. The predicted octanol–water partition coefficient (Wildman–Crippen LogP) is 11.5. The third-order valence-electron chi connectivity index (χ3n) is 8.61. The lowest BCUT2D eigenvalue weighted by Gasteiger charge is -2.18. The van der Waals surface area contributed by atoms with E-state index in [1.165, 1.54) is 83.5 Å². The largest absolute Gasteiger partial charge is 0.469 e. The molecular formula is C43H75O9P. The number of esters is 2. The van der Waals surface area contributed by atoms with Gasteiger partial charge in [0, 0.05) is 12.8 Å². The fourth-order valence-corrected chi connectivity index (χ4v) is 5.83. The van der Waals surface area contributed by atoms with Crippen LogP contribution in [0.15, 0.2) is 60.8 Å². The fraction of sp³-hybridized carbons (Fsp3) is 0.721. The molecule has 1 unspecified atom stereocenters. The first-order valence-electron chi connectivity index (χ1n) is 20.7. The highest BCUT2D eigenvalue weighted by Gasteiger charge is 2.23. The molecule has 0 aliphatic heterocycles. The Hall–Kier alpha value is -2.29. The summed E-state index contributed by atoms with van der Waals surface area (Å²) in [5, 5.41) is 10.2. The van der Waals surface area contributed by atoms with Crippen molar-refractivity contribution < 1.29 is 43.0 Å². The highest BCUT2D eigenvalue weighted by atomic mass is 31.2. The first-order chi connectivity index (χ1) is 25.7. The van der Waals surface area contributed by atoms with Crippen molar-refractivity contribution in [3.63, 3.8) is 0 Å². The molecule has 0 bridgehead atoms. The average molecular weight is 767 g/mol. The van der Waals surface area contributed by atoms with Crippen molar-refractivity contribution in [2.24, 2.45) is 0 Å². The predicted molar refractivity (Wildman–Crippen MR) is 217 cm³/mol. The lowest BCUT2D eigenvalue weighted by atomic mass is 10.1. The zero-order chi connectivity index (χ0) is 39.1. The van der Waals surface area contributed by atoms with Gasteiger partial charge in [-0.2, -0.15) is 0 Å². The summed E-state index contributed by atoms with van der Waals surface area (Å²) in [6.45, 7) is 3.48. The minimum Gasteiger partial charge on any atom is -0.462 e. The third-order valence-corrected chi connectivity index (χ3v) is 9.10. The van der Waals surface area contributed by atoms with Crippen LogP contribution in [-0.4, -0.2) is 52.3 Å². The highest BCUT2D eigenvalue weighted by Crippen LogP contribution is 2.36. The molecule has 0 amide bonds. The van der Waals surface area contributed by atoms with Gasteiger partial charge in [0.05, 0.1) is 12.7 Å². The molecule has 0 saturated carbocycles. The van der Waals surface area contributed by atoms with Crippen molar-refractivity contribution in [1.29, 1.82) is 0 Å². The van der Waals surface area contributed by atoms with Crippen LogP contribution < -0.4 is 0 Å². The van der Waals surface area contributed by atoms with E-state index in [4.69, 9.17) is 19.3 Å². The molecule has 53 heavy (non-hydrogen) atoms. The number of carbonyl (C=O) groups excluding carboxylic acids is 2. The van der Waals surface area contributed by atoms with Gasteiger partial charge >= 0.3 is 19.8 Å². The molecule has 0 saturated heterocycles. The van der Waals surface area contributed by atoms with Crippen LogP contribution >= 0.6 is 7.82 Å². The number of unbranched alkanes of at least 4 members (excludes halogenated alkanes) is 16. The summed E-state index contributed by atoms with van der Waals surface area (Å²) in [5.41, 5.74) is 0. The number of hydrogen-bond acceptors (Lipinski definition) is 7. The molecule has 0 radical (unpaired) electrons. The van der Waals surface area contributed by atoms with Crippen LogP contribution in [0.1, 0.15) is 174 Å². The summed E-state index contributed by atoms with van der Waals surface area (Å²) in [6.07, 6.45) is 44.0. The maximum atomic E-state index is 12.4. The maximum Gasteiger partial charge on any atom is 0.469 e. The van der Waals surface area contributed by atoms with Crippen LogP contribution in [0.2, 0.25) is 0 Å². The van der Waals surface area contributed by atoms with E-state index in [9.17, 15) is 19.3 Å². The Morgan fingerprint density at radius 3 is 1.66 bits per heavy atom. The Balaban J connectivity index is 4.13. The van der Waals surface area contributed by atoms with Crippen molar-refractivity contribution in [2.75, 3.05) is 13.2 Å². The van der Waals surface area contributed by atoms with Gasteiger partial charge in [-0.05, 0) is 70.6 Å². The number of allylic oxidation sites excluding steroid dienone is 9. The lowest BCUT2D eigenvalue weighted by Crippen LogP contribution is -2.29. The minimum atomic E-state index is -4.81. The normalized spacial score (nSPS) is 13.7. The molecule has 0 aliphatic rings. The van der Waals surface area contributed by atoms with E-state index in [1.807, 2.05) is 12.2 Å². The smallest absolute Gasteiger partial charge is 0.462 e. The fourth-order valence-electron chi connectivity index (χ4n) is 5.47. The quantitative estimate of drug-likeness (QED) is 0.0185. The molecule has 0 aromatic carbocycles. The standard InChI is InChI=1S/C43H75O9P/c1-3-5-7-9-11-13-15-17-18-19-20-22-24-26-28-30-32-36-42(45)50-38-41(39-51-53(47,48)49)52-43(46)37-33-35-40(44)34-31-29-27-25-23-21-16-14-12-10-8-6-4-2/h11,13,17-18,21,23,27,29,31,34,40-41,44H,3-10,12,14-16,19-20,22,24-26,28,30,32-33,35-39H2,1-2H3,(H2,47,48,49)/b13-11-,18-17-,23-21+,29-27+,34-31+/t40?,41-/m1/s1. The zero-order valence-electron chi connectivity index (χ0n) is 33.3. The second-order valence-electron chi connectivity index (χ2n) is 13.8. The van der Waals surface area contributed by atoms with Crippen LogP contribution in [-0.2, 0) is 28.2 Å². The molecule has 0 aliphatic carbocycles. The van der Waals surface area contributed by atoms with Gasteiger partial charge in [-0.15, -0.1) is 0 Å². The second-order valence-corrected chi connectivity index (χ2v) is 15.0. The van der Waals surface area contributed by atoms with Gasteiger partial charge in [-0.3, -0.25) is 14.1 Å². The van der Waals surface area contributed by atoms with E-state index < -0.39 is 38.6 Å². The van der Waals surface area contributed by atoms with Crippen LogP contribution in [0.5, 0.6) is 0 Å². The number of phosphoric ester groups is 1. The minimum absolute atomic E-state index is 0.0158.